The number of carbonyl (C=O) groups excluding carboxylic acids is 2. The molecule has 0 radical (unpaired) electrons. The second-order valence-electron chi connectivity index (χ2n) is 6.24. The highest BCUT2D eigenvalue weighted by Gasteiger charge is 2.25. The van der Waals surface area contributed by atoms with Crippen molar-refractivity contribution < 1.29 is 19.1 Å². The number of aliphatic hydroxyl groups is 1. The minimum absolute atomic E-state index is 0.0136. The van der Waals surface area contributed by atoms with Gasteiger partial charge in [-0.15, -0.1) is 0 Å². The van der Waals surface area contributed by atoms with Gasteiger partial charge in [-0.05, 0) is 42.5 Å². The van der Waals surface area contributed by atoms with E-state index in [1.807, 2.05) is 0 Å². The summed E-state index contributed by atoms with van der Waals surface area (Å²) in [6, 6.07) is 11.8. The summed E-state index contributed by atoms with van der Waals surface area (Å²) >= 11 is 0. The predicted molar refractivity (Wildman–Crippen MR) is 95.5 cm³/mol. The molecule has 0 bridgehead atoms. The Kier molecular flexibility index (Phi) is 5.60. The van der Waals surface area contributed by atoms with Gasteiger partial charge in [0.15, 0.2) is 0 Å². The van der Waals surface area contributed by atoms with Gasteiger partial charge in [-0.2, -0.15) is 0 Å². The summed E-state index contributed by atoms with van der Waals surface area (Å²) in [4.78, 5) is 24.5. The van der Waals surface area contributed by atoms with Crippen molar-refractivity contribution in [3.63, 3.8) is 0 Å². The molecule has 1 aliphatic rings. The van der Waals surface area contributed by atoms with Crippen LogP contribution in [0.15, 0.2) is 48.5 Å². The van der Waals surface area contributed by atoms with E-state index < -0.39 is 11.9 Å². The zero-order valence-corrected chi connectivity index (χ0v) is 14.0. The summed E-state index contributed by atoms with van der Waals surface area (Å²) in [7, 11) is 0. The number of β-amino-alcohol motifs (C(OH)–C–C–N with tert-alkyl or cyclic N) is 1. The SMILES string of the molecule is O=C(NCC1CNCC1O)c1cccc(NC(=O)c2ccc(F)cc2)c1. The maximum Gasteiger partial charge on any atom is 0.255 e. The van der Waals surface area contributed by atoms with E-state index in [4.69, 9.17) is 0 Å². The fourth-order valence-electron chi connectivity index (χ4n) is 2.80. The Morgan fingerprint density at radius 3 is 2.54 bits per heavy atom. The average Bonchev–Trinajstić information content (AvgIpc) is 3.05. The molecule has 2 amide bonds. The molecular formula is C19H20FN3O3. The number of aliphatic hydroxyl groups excluding tert-OH is 1. The monoisotopic (exact) mass is 357 g/mol. The number of nitrogens with one attached hydrogen (secondary N) is 3. The van der Waals surface area contributed by atoms with Crippen LogP contribution >= 0.6 is 0 Å². The van der Waals surface area contributed by atoms with Crippen LogP contribution in [0.5, 0.6) is 0 Å². The predicted octanol–water partition coefficient (Wildman–Crippen LogP) is 1.39. The smallest absolute Gasteiger partial charge is 0.255 e. The number of anilines is 1. The Morgan fingerprint density at radius 2 is 1.85 bits per heavy atom. The third kappa shape index (κ3) is 4.44. The lowest BCUT2D eigenvalue weighted by Crippen LogP contribution is -2.34. The van der Waals surface area contributed by atoms with E-state index in [1.54, 1.807) is 24.3 Å². The topological polar surface area (TPSA) is 90.5 Å². The van der Waals surface area contributed by atoms with E-state index in [2.05, 4.69) is 16.0 Å². The van der Waals surface area contributed by atoms with Gasteiger partial charge in [0, 0.05) is 42.4 Å². The molecule has 0 spiro atoms. The number of hydrogen-bond donors (Lipinski definition) is 4. The lowest BCUT2D eigenvalue weighted by Gasteiger charge is -2.14. The van der Waals surface area contributed by atoms with Crippen LogP contribution in [0.4, 0.5) is 10.1 Å². The van der Waals surface area contributed by atoms with E-state index in [-0.39, 0.29) is 17.7 Å². The lowest BCUT2D eigenvalue weighted by molar-refractivity contribution is 0.0926. The largest absolute Gasteiger partial charge is 0.391 e. The van der Waals surface area contributed by atoms with Crippen LogP contribution in [0.2, 0.25) is 0 Å². The molecule has 0 aliphatic carbocycles. The molecular weight excluding hydrogens is 337 g/mol. The van der Waals surface area contributed by atoms with Crippen molar-refractivity contribution in [1.82, 2.24) is 10.6 Å². The molecule has 4 N–H and O–H groups in total. The van der Waals surface area contributed by atoms with Crippen molar-refractivity contribution in [3.05, 3.63) is 65.5 Å². The standard InChI is InChI=1S/C19H20FN3O3/c20-15-6-4-12(5-7-15)19(26)23-16-3-1-2-13(8-16)18(25)22-10-14-9-21-11-17(14)24/h1-8,14,17,21,24H,9-11H2,(H,22,25)(H,23,26). The van der Waals surface area contributed by atoms with Gasteiger partial charge < -0.3 is 21.1 Å². The Morgan fingerprint density at radius 1 is 1.08 bits per heavy atom. The molecule has 136 valence electrons. The summed E-state index contributed by atoms with van der Waals surface area (Å²) in [5.41, 5.74) is 1.20. The summed E-state index contributed by atoms with van der Waals surface area (Å²) < 4.78 is 12.9. The first-order valence-corrected chi connectivity index (χ1v) is 8.37. The van der Waals surface area contributed by atoms with E-state index in [0.717, 1.165) is 0 Å². The minimum Gasteiger partial charge on any atom is -0.391 e. The summed E-state index contributed by atoms with van der Waals surface area (Å²) in [6.07, 6.45) is -0.461. The first-order valence-electron chi connectivity index (χ1n) is 8.37. The second-order valence-corrected chi connectivity index (χ2v) is 6.24. The maximum absolute atomic E-state index is 12.9. The quantitative estimate of drug-likeness (QED) is 0.651. The molecule has 1 fully saturated rings. The number of amides is 2. The zero-order chi connectivity index (χ0) is 18.5. The van der Waals surface area contributed by atoms with Crippen molar-refractivity contribution in [3.8, 4) is 0 Å². The summed E-state index contributed by atoms with van der Waals surface area (Å²) in [6.45, 7) is 1.57. The molecule has 3 rings (SSSR count). The van der Waals surface area contributed by atoms with Crippen molar-refractivity contribution in [2.75, 3.05) is 25.0 Å². The molecule has 2 aromatic carbocycles. The van der Waals surface area contributed by atoms with Crippen LogP contribution < -0.4 is 16.0 Å². The number of halogens is 1. The third-order valence-corrected chi connectivity index (χ3v) is 4.32. The van der Waals surface area contributed by atoms with Gasteiger partial charge in [-0.3, -0.25) is 9.59 Å². The zero-order valence-electron chi connectivity index (χ0n) is 14.0. The Balaban J connectivity index is 1.61. The van der Waals surface area contributed by atoms with Crippen LogP contribution in [0, 0.1) is 11.7 Å². The fourth-order valence-corrected chi connectivity index (χ4v) is 2.80. The van der Waals surface area contributed by atoms with Crippen LogP contribution in [0.1, 0.15) is 20.7 Å². The molecule has 1 heterocycles. The van der Waals surface area contributed by atoms with Crippen molar-refractivity contribution >= 4 is 17.5 Å². The average molecular weight is 357 g/mol. The van der Waals surface area contributed by atoms with Gasteiger partial charge in [-0.1, -0.05) is 6.07 Å². The Bertz CT molecular complexity index is 795. The Hall–Kier alpha value is -2.77. The molecule has 6 nitrogen and oxygen atoms in total. The molecule has 0 aromatic heterocycles. The fraction of sp³-hybridized carbons (Fsp3) is 0.263. The number of hydrogen-bond acceptors (Lipinski definition) is 4. The first-order chi connectivity index (χ1) is 12.5. The van der Waals surface area contributed by atoms with Crippen LogP contribution in [-0.2, 0) is 0 Å². The molecule has 7 heteroatoms. The van der Waals surface area contributed by atoms with Gasteiger partial charge >= 0.3 is 0 Å². The molecule has 0 saturated carbocycles. The van der Waals surface area contributed by atoms with Crippen LogP contribution in [0.25, 0.3) is 0 Å². The Labute approximate surface area is 150 Å². The van der Waals surface area contributed by atoms with E-state index >= 15 is 0 Å². The number of benzene rings is 2. The van der Waals surface area contributed by atoms with Gasteiger partial charge in [0.2, 0.25) is 0 Å². The van der Waals surface area contributed by atoms with Gasteiger partial charge in [0.05, 0.1) is 6.10 Å². The summed E-state index contributed by atoms with van der Waals surface area (Å²) in [5.74, 6) is -1.09. The highest BCUT2D eigenvalue weighted by atomic mass is 19.1. The van der Waals surface area contributed by atoms with Gasteiger partial charge in [-0.25, -0.2) is 4.39 Å². The molecule has 1 saturated heterocycles. The number of rotatable bonds is 5. The second kappa shape index (κ2) is 8.07. The van der Waals surface area contributed by atoms with Crippen LogP contribution in [0.3, 0.4) is 0 Å². The minimum atomic E-state index is -0.461. The van der Waals surface area contributed by atoms with Gasteiger partial charge in [0.25, 0.3) is 11.8 Å². The molecule has 26 heavy (non-hydrogen) atoms. The van der Waals surface area contributed by atoms with Crippen molar-refractivity contribution in [2.45, 2.75) is 6.10 Å². The van der Waals surface area contributed by atoms with E-state index in [0.29, 0.717) is 36.4 Å². The summed E-state index contributed by atoms with van der Waals surface area (Å²) in [5, 5.41) is 18.3. The molecule has 2 unspecified atom stereocenters. The van der Waals surface area contributed by atoms with Crippen molar-refractivity contribution in [1.29, 1.82) is 0 Å². The van der Waals surface area contributed by atoms with E-state index in [9.17, 15) is 19.1 Å². The van der Waals surface area contributed by atoms with Crippen LogP contribution in [-0.4, -0.2) is 42.7 Å². The normalized spacial score (nSPS) is 19.2. The third-order valence-electron chi connectivity index (χ3n) is 4.32. The highest BCUT2D eigenvalue weighted by Crippen LogP contribution is 2.14. The molecule has 1 aliphatic heterocycles. The van der Waals surface area contributed by atoms with E-state index in [1.165, 1.54) is 24.3 Å². The van der Waals surface area contributed by atoms with Gasteiger partial charge in [0.1, 0.15) is 5.82 Å². The lowest BCUT2D eigenvalue weighted by atomic mass is 10.1. The molecule has 2 aromatic rings. The van der Waals surface area contributed by atoms with Crippen molar-refractivity contribution in [2.24, 2.45) is 5.92 Å². The maximum atomic E-state index is 12.9. The number of carbonyl (C=O) groups is 2. The highest BCUT2D eigenvalue weighted by molar-refractivity contribution is 6.05. The molecule has 2 atom stereocenters. The first kappa shape index (κ1) is 18.0.